The second-order valence-electron chi connectivity index (χ2n) is 5.51. The summed E-state index contributed by atoms with van der Waals surface area (Å²) in [6, 6.07) is 0.851. The Labute approximate surface area is 105 Å². The quantitative estimate of drug-likeness (QED) is 0.724. The third kappa shape index (κ3) is 5.04. The largest absolute Gasteiger partial charge is 0.352 e. The van der Waals surface area contributed by atoms with E-state index in [1.54, 1.807) is 0 Å². The van der Waals surface area contributed by atoms with Gasteiger partial charge in [0, 0.05) is 18.6 Å². The lowest BCUT2D eigenvalue weighted by Crippen LogP contribution is -2.44. The van der Waals surface area contributed by atoms with Crippen molar-refractivity contribution in [2.75, 3.05) is 26.7 Å². The molecule has 1 rings (SSSR count). The highest BCUT2D eigenvalue weighted by molar-refractivity contribution is 5.78. The van der Waals surface area contributed by atoms with Crippen LogP contribution in [0, 0.1) is 5.92 Å². The summed E-state index contributed by atoms with van der Waals surface area (Å²) in [4.78, 5) is 14.0. The van der Waals surface area contributed by atoms with Crippen molar-refractivity contribution in [3.63, 3.8) is 0 Å². The molecule has 0 bridgehead atoms. The molecule has 1 aliphatic rings. The molecule has 0 aromatic rings. The number of carbonyl (C=O) groups excluding carboxylic acids is 1. The smallest absolute Gasteiger partial charge is 0.234 e. The van der Waals surface area contributed by atoms with Crippen molar-refractivity contribution in [2.24, 2.45) is 5.92 Å². The molecule has 2 atom stereocenters. The monoisotopic (exact) mass is 241 g/mol. The van der Waals surface area contributed by atoms with Crippen LogP contribution >= 0.6 is 0 Å². The highest BCUT2D eigenvalue weighted by atomic mass is 16.1. The molecule has 100 valence electrons. The molecule has 0 radical (unpaired) electrons. The van der Waals surface area contributed by atoms with Gasteiger partial charge in [-0.1, -0.05) is 13.8 Å². The molecule has 1 fully saturated rings. The summed E-state index contributed by atoms with van der Waals surface area (Å²) < 4.78 is 0. The Bertz CT molecular complexity index is 243. The molecule has 2 unspecified atom stereocenters. The zero-order valence-corrected chi connectivity index (χ0v) is 11.6. The number of nitrogens with zero attached hydrogens (tertiary/aromatic N) is 1. The summed E-state index contributed by atoms with van der Waals surface area (Å²) in [6.07, 6.45) is 2.52. The second-order valence-corrected chi connectivity index (χ2v) is 5.51. The zero-order chi connectivity index (χ0) is 12.8. The lowest BCUT2D eigenvalue weighted by atomic mass is 10.1. The maximum Gasteiger partial charge on any atom is 0.234 e. The number of hydrogen-bond donors (Lipinski definition) is 2. The summed E-state index contributed by atoms with van der Waals surface area (Å²) >= 11 is 0. The number of carbonyl (C=O) groups is 1. The van der Waals surface area contributed by atoms with E-state index < -0.39 is 0 Å². The summed E-state index contributed by atoms with van der Waals surface area (Å²) in [6.45, 7) is 8.81. The number of likely N-dealkylation sites (N-methyl/N-ethyl adjacent to an activating group) is 1. The van der Waals surface area contributed by atoms with E-state index in [0.29, 0.717) is 18.5 Å². The SMILES string of the molecule is CC(C)C(C)NC(=O)CNCC1CCCN1C. The van der Waals surface area contributed by atoms with E-state index in [1.807, 2.05) is 6.92 Å². The van der Waals surface area contributed by atoms with Crippen molar-refractivity contribution >= 4 is 5.91 Å². The van der Waals surface area contributed by atoms with E-state index in [9.17, 15) is 4.79 Å². The molecule has 1 saturated heterocycles. The van der Waals surface area contributed by atoms with Gasteiger partial charge in [0.15, 0.2) is 0 Å². The molecule has 4 heteroatoms. The normalized spacial score (nSPS) is 23.0. The van der Waals surface area contributed by atoms with E-state index in [4.69, 9.17) is 0 Å². The molecule has 1 aliphatic heterocycles. The fraction of sp³-hybridized carbons (Fsp3) is 0.923. The van der Waals surface area contributed by atoms with Gasteiger partial charge in [0.2, 0.25) is 5.91 Å². The van der Waals surface area contributed by atoms with Crippen molar-refractivity contribution < 1.29 is 4.79 Å². The van der Waals surface area contributed by atoms with Gasteiger partial charge in [-0.15, -0.1) is 0 Å². The second kappa shape index (κ2) is 6.97. The molecule has 1 amide bonds. The van der Waals surface area contributed by atoms with Gasteiger partial charge in [-0.3, -0.25) is 4.79 Å². The Balaban J connectivity index is 2.11. The Morgan fingerprint density at radius 2 is 2.12 bits per heavy atom. The van der Waals surface area contributed by atoms with Crippen LogP contribution in [0.15, 0.2) is 0 Å². The number of rotatable bonds is 6. The Morgan fingerprint density at radius 1 is 1.41 bits per heavy atom. The van der Waals surface area contributed by atoms with E-state index in [0.717, 1.165) is 6.54 Å². The number of likely N-dealkylation sites (tertiary alicyclic amines) is 1. The van der Waals surface area contributed by atoms with Crippen LogP contribution < -0.4 is 10.6 Å². The number of amides is 1. The number of nitrogens with one attached hydrogen (secondary N) is 2. The maximum absolute atomic E-state index is 11.6. The van der Waals surface area contributed by atoms with Gasteiger partial charge in [-0.25, -0.2) is 0 Å². The van der Waals surface area contributed by atoms with Crippen molar-refractivity contribution in [1.29, 1.82) is 0 Å². The molecule has 0 aromatic carbocycles. The average molecular weight is 241 g/mol. The summed E-state index contributed by atoms with van der Waals surface area (Å²) in [5.41, 5.74) is 0. The molecule has 0 aliphatic carbocycles. The lowest BCUT2D eigenvalue weighted by molar-refractivity contribution is -0.121. The van der Waals surface area contributed by atoms with E-state index in [1.165, 1.54) is 19.4 Å². The van der Waals surface area contributed by atoms with Gasteiger partial charge in [-0.2, -0.15) is 0 Å². The first kappa shape index (κ1) is 14.5. The third-order valence-corrected chi connectivity index (χ3v) is 3.73. The van der Waals surface area contributed by atoms with Gasteiger partial charge < -0.3 is 15.5 Å². The molecule has 0 aromatic heterocycles. The predicted molar refractivity (Wildman–Crippen MR) is 71.0 cm³/mol. The van der Waals surface area contributed by atoms with Crippen LogP contribution in [0.3, 0.4) is 0 Å². The molecular formula is C13H27N3O. The van der Waals surface area contributed by atoms with Crippen molar-refractivity contribution in [3.05, 3.63) is 0 Å². The van der Waals surface area contributed by atoms with E-state index in [2.05, 4.69) is 36.4 Å². The molecule has 2 N–H and O–H groups in total. The van der Waals surface area contributed by atoms with Crippen molar-refractivity contribution in [3.8, 4) is 0 Å². The van der Waals surface area contributed by atoms with Crippen LogP contribution in [0.2, 0.25) is 0 Å². The minimum absolute atomic E-state index is 0.104. The predicted octanol–water partition coefficient (Wildman–Crippen LogP) is 0.831. The van der Waals surface area contributed by atoms with Gasteiger partial charge in [0.05, 0.1) is 6.54 Å². The van der Waals surface area contributed by atoms with Gasteiger partial charge in [0.25, 0.3) is 0 Å². The fourth-order valence-corrected chi connectivity index (χ4v) is 2.06. The van der Waals surface area contributed by atoms with Crippen LogP contribution in [0.4, 0.5) is 0 Å². The molecule has 4 nitrogen and oxygen atoms in total. The Hall–Kier alpha value is -0.610. The van der Waals surface area contributed by atoms with Crippen LogP contribution in [0.1, 0.15) is 33.6 Å². The van der Waals surface area contributed by atoms with Crippen LogP contribution in [0.5, 0.6) is 0 Å². The zero-order valence-electron chi connectivity index (χ0n) is 11.6. The minimum atomic E-state index is 0.104. The highest BCUT2D eigenvalue weighted by Crippen LogP contribution is 2.13. The molecule has 1 heterocycles. The van der Waals surface area contributed by atoms with Crippen molar-refractivity contribution in [1.82, 2.24) is 15.5 Å². The van der Waals surface area contributed by atoms with Crippen LogP contribution in [-0.2, 0) is 4.79 Å². The highest BCUT2D eigenvalue weighted by Gasteiger charge is 2.20. The molecule has 0 saturated carbocycles. The standard InChI is InChI=1S/C13H27N3O/c1-10(2)11(3)15-13(17)9-14-8-12-6-5-7-16(12)4/h10-12,14H,5-9H2,1-4H3,(H,15,17). The lowest BCUT2D eigenvalue weighted by Gasteiger charge is -2.21. The van der Waals surface area contributed by atoms with Gasteiger partial charge in [-0.05, 0) is 39.3 Å². The summed E-state index contributed by atoms with van der Waals surface area (Å²) in [7, 11) is 2.15. The number of hydrogen-bond acceptors (Lipinski definition) is 3. The molecule has 17 heavy (non-hydrogen) atoms. The molecule has 0 spiro atoms. The average Bonchev–Trinajstić information content (AvgIpc) is 2.64. The summed E-state index contributed by atoms with van der Waals surface area (Å²) in [5, 5.41) is 6.25. The van der Waals surface area contributed by atoms with Crippen molar-refractivity contribution in [2.45, 2.75) is 45.7 Å². The Morgan fingerprint density at radius 3 is 2.65 bits per heavy atom. The summed E-state index contributed by atoms with van der Waals surface area (Å²) in [5.74, 6) is 0.590. The third-order valence-electron chi connectivity index (χ3n) is 3.73. The Kier molecular flexibility index (Phi) is 5.92. The van der Waals surface area contributed by atoms with Crippen LogP contribution in [0.25, 0.3) is 0 Å². The molecular weight excluding hydrogens is 214 g/mol. The first-order valence-electron chi connectivity index (χ1n) is 6.71. The first-order chi connectivity index (χ1) is 8.00. The maximum atomic E-state index is 11.6. The van der Waals surface area contributed by atoms with Crippen LogP contribution in [-0.4, -0.2) is 49.6 Å². The van der Waals surface area contributed by atoms with Gasteiger partial charge >= 0.3 is 0 Å². The van der Waals surface area contributed by atoms with E-state index >= 15 is 0 Å². The first-order valence-corrected chi connectivity index (χ1v) is 6.71. The fourth-order valence-electron chi connectivity index (χ4n) is 2.06. The van der Waals surface area contributed by atoms with E-state index in [-0.39, 0.29) is 11.9 Å². The van der Waals surface area contributed by atoms with Gasteiger partial charge in [0.1, 0.15) is 0 Å². The minimum Gasteiger partial charge on any atom is -0.352 e. The topological polar surface area (TPSA) is 44.4 Å².